The average Bonchev–Trinajstić information content (AvgIpc) is 2.70. The average molecular weight is 243 g/mol. The van der Waals surface area contributed by atoms with Crippen LogP contribution in [-0.2, 0) is 0 Å². The van der Waals surface area contributed by atoms with Crippen LogP contribution < -0.4 is 5.73 Å². The third-order valence-corrected chi connectivity index (χ3v) is 4.17. The van der Waals surface area contributed by atoms with Gasteiger partial charge in [-0.1, -0.05) is 20.3 Å². The van der Waals surface area contributed by atoms with E-state index in [0.717, 1.165) is 11.2 Å². The molecule has 1 saturated carbocycles. The van der Waals surface area contributed by atoms with Gasteiger partial charge in [0.25, 0.3) is 0 Å². The van der Waals surface area contributed by atoms with Gasteiger partial charge in [-0.15, -0.1) is 0 Å². The molecular formula is C15H21N3. The number of aromatic nitrogens is 2. The van der Waals surface area contributed by atoms with Crippen molar-refractivity contribution in [1.82, 2.24) is 9.55 Å². The summed E-state index contributed by atoms with van der Waals surface area (Å²) >= 11 is 0. The second kappa shape index (κ2) is 4.01. The van der Waals surface area contributed by atoms with Gasteiger partial charge >= 0.3 is 0 Å². The van der Waals surface area contributed by atoms with Crippen LogP contribution in [0.25, 0.3) is 11.0 Å². The van der Waals surface area contributed by atoms with Crippen LogP contribution in [0, 0.1) is 5.41 Å². The summed E-state index contributed by atoms with van der Waals surface area (Å²) in [5.41, 5.74) is 9.27. The van der Waals surface area contributed by atoms with Gasteiger partial charge in [0.1, 0.15) is 0 Å². The smallest absolute Gasteiger partial charge is 0.0960 e. The maximum atomic E-state index is 5.81. The molecule has 1 unspecified atom stereocenters. The summed E-state index contributed by atoms with van der Waals surface area (Å²) in [6, 6.07) is 6.61. The largest absolute Gasteiger partial charge is 0.399 e. The molecule has 3 rings (SSSR count). The SMILES string of the molecule is CC1(C)CCCC(n2cnc3cc(N)ccc32)C1. The first-order valence-electron chi connectivity index (χ1n) is 6.77. The molecule has 2 aromatic rings. The van der Waals surface area contributed by atoms with Crippen molar-refractivity contribution in [2.75, 3.05) is 5.73 Å². The fraction of sp³-hybridized carbons (Fsp3) is 0.533. The van der Waals surface area contributed by atoms with Gasteiger partial charge in [0.05, 0.1) is 17.4 Å². The van der Waals surface area contributed by atoms with Gasteiger partial charge in [0.2, 0.25) is 0 Å². The van der Waals surface area contributed by atoms with Gasteiger partial charge < -0.3 is 10.3 Å². The lowest BCUT2D eigenvalue weighted by Crippen LogP contribution is -2.24. The van der Waals surface area contributed by atoms with E-state index < -0.39 is 0 Å². The van der Waals surface area contributed by atoms with E-state index in [1.807, 2.05) is 18.5 Å². The first kappa shape index (κ1) is 11.6. The van der Waals surface area contributed by atoms with Crippen LogP contribution in [0.15, 0.2) is 24.5 Å². The second-order valence-corrected chi connectivity index (χ2v) is 6.31. The lowest BCUT2D eigenvalue weighted by molar-refractivity contribution is 0.185. The van der Waals surface area contributed by atoms with Crippen molar-refractivity contribution in [1.29, 1.82) is 0 Å². The highest BCUT2D eigenvalue weighted by molar-refractivity contribution is 5.79. The zero-order valence-corrected chi connectivity index (χ0v) is 11.2. The zero-order valence-electron chi connectivity index (χ0n) is 11.2. The van der Waals surface area contributed by atoms with Crippen LogP contribution in [0.4, 0.5) is 5.69 Å². The number of benzene rings is 1. The second-order valence-electron chi connectivity index (χ2n) is 6.31. The molecule has 1 aliphatic carbocycles. The van der Waals surface area contributed by atoms with Crippen LogP contribution in [-0.4, -0.2) is 9.55 Å². The molecule has 3 nitrogen and oxygen atoms in total. The predicted octanol–water partition coefficient (Wildman–Crippen LogP) is 3.76. The number of imidazole rings is 1. The highest BCUT2D eigenvalue weighted by atomic mass is 15.1. The number of nitrogens with zero attached hydrogens (tertiary/aromatic N) is 2. The van der Waals surface area contributed by atoms with Crippen molar-refractivity contribution < 1.29 is 0 Å². The van der Waals surface area contributed by atoms with E-state index in [1.165, 1.54) is 31.2 Å². The summed E-state index contributed by atoms with van der Waals surface area (Å²) in [4.78, 5) is 4.49. The number of fused-ring (bicyclic) bond motifs is 1. The number of nitrogens with two attached hydrogens (primary N) is 1. The number of hydrogen-bond acceptors (Lipinski definition) is 2. The predicted molar refractivity (Wildman–Crippen MR) is 75.4 cm³/mol. The molecule has 0 amide bonds. The third kappa shape index (κ3) is 1.98. The van der Waals surface area contributed by atoms with E-state index in [0.29, 0.717) is 11.5 Å². The first-order valence-corrected chi connectivity index (χ1v) is 6.77. The van der Waals surface area contributed by atoms with Crippen molar-refractivity contribution in [3.8, 4) is 0 Å². The molecule has 0 radical (unpaired) electrons. The molecule has 96 valence electrons. The molecule has 18 heavy (non-hydrogen) atoms. The minimum absolute atomic E-state index is 0.452. The summed E-state index contributed by atoms with van der Waals surface area (Å²) in [7, 11) is 0. The molecule has 0 spiro atoms. The Hall–Kier alpha value is -1.51. The molecule has 1 aromatic carbocycles. The van der Waals surface area contributed by atoms with E-state index >= 15 is 0 Å². The Morgan fingerprint density at radius 1 is 1.39 bits per heavy atom. The van der Waals surface area contributed by atoms with Gasteiger partial charge in [0, 0.05) is 11.7 Å². The molecular weight excluding hydrogens is 222 g/mol. The van der Waals surface area contributed by atoms with E-state index in [2.05, 4.69) is 29.5 Å². The summed E-state index contributed by atoms with van der Waals surface area (Å²) in [6.07, 6.45) is 7.13. The van der Waals surface area contributed by atoms with Crippen LogP contribution in [0.5, 0.6) is 0 Å². The van der Waals surface area contributed by atoms with Crippen LogP contribution in [0.2, 0.25) is 0 Å². The van der Waals surface area contributed by atoms with Crippen molar-refractivity contribution in [2.45, 2.75) is 45.6 Å². The van der Waals surface area contributed by atoms with E-state index in [-0.39, 0.29) is 0 Å². The van der Waals surface area contributed by atoms with Crippen LogP contribution >= 0.6 is 0 Å². The highest BCUT2D eigenvalue weighted by Gasteiger charge is 2.29. The van der Waals surface area contributed by atoms with Crippen LogP contribution in [0.1, 0.15) is 45.6 Å². The molecule has 2 N–H and O–H groups in total. The molecule has 1 heterocycles. The molecule has 3 heteroatoms. The van der Waals surface area contributed by atoms with Crippen molar-refractivity contribution in [3.63, 3.8) is 0 Å². The molecule has 0 saturated heterocycles. The van der Waals surface area contributed by atoms with E-state index in [9.17, 15) is 0 Å². The highest BCUT2D eigenvalue weighted by Crippen LogP contribution is 2.41. The fourth-order valence-corrected chi connectivity index (χ4v) is 3.24. The van der Waals surface area contributed by atoms with Gasteiger partial charge in [-0.2, -0.15) is 0 Å². The Morgan fingerprint density at radius 2 is 2.22 bits per heavy atom. The molecule has 0 aliphatic heterocycles. The van der Waals surface area contributed by atoms with Crippen molar-refractivity contribution in [3.05, 3.63) is 24.5 Å². The molecule has 0 bridgehead atoms. The maximum absolute atomic E-state index is 5.81. The lowest BCUT2D eigenvalue weighted by atomic mass is 9.75. The van der Waals surface area contributed by atoms with Crippen molar-refractivity contribution in [2.24, 2.45) is 5.41 Å². The Labute approximate surface area is 108 Å². The van der Waals surface area contributed by atoms with Crippen molar-refractivity contribution >= 4 is 16.7 Å². The Balaban J connectivity index is 1.99. The van der Waals surface area contributed by atoms with Crippen LogP contribution in [0.3, 0.4) is 0 Å². The third-order valence-electron chi connectivity index (χ3n) is 4.17. The minimum atomic E-state index is 0.452. The number of rotatable bonds is 1. The van der Waals surface area contributed by atoms with Gasteiger partial charge in [-0.25, -0.2) is 4.98 Å². The molecule has 1 fully saturated rings. The quantitative estimate of drug-likeness (QED) is 0.775. The zero-order chi connectivity index (χ0) is 12.8. The number of hydrogen-bond donors (Lipinski definition) is 1. The van der Waals surface area contributed by atoms with E-state index in [4.69, 9.17) is 5.73 Å². The Bertz CT molecular complexity index is 568. The summed E-state index contributed by atoms with van der Waals surface area (Å²) in [5.74, 6) is 0. The van der Waals surface area contributed by atoms with Gasteiger partial charge in [-0.3, -0.25) is 0 Å². The molecule has 1 aromatic heterocycles. The summed E-state index contributed by atoms with van der Waals surface area (Å²) in [5, 5.41) is 0. The monoisotopic (exact) mass is 243 g/mol. The number of nitrogen functional groups attached to an aromatic ring is 1. The molecule has 1 aliphatic rings. The standard InChI is InChI=1S/C15H21N3/c1-15(2)7-3-4-12(9-15)18-10-17-13-8-11(16)5-6-14(13)18/h5-6,8,10,12H,3-4,7,9,16H2,1-2H3. The maximum Gasteiger partial charge on any atom is 0.0960 e. The Morgan fingerprint density at radius 3 is 3.00 bits per heavy atom. The summed E-state index contributed by atoms with van der Waals surface area (Å²) < 4.78 is 2.34. The fourth-order valence-electron chi connectivity index (χ4n) is 3.24. The van der Waals surface area contributed by atoms with Gasteiger partial charge in [-0.05, 0) is 42.9 Å². The topological polar surface area (TPSA) is 43.8 Å². The lowest BCUT2D eigenvalue weighted by Gasteiger charge is -2.36. The normalized spacial score (nSPS) is 23.3. The number of anilines is 1. The first-order chi connectivity index (χ1) is 8.55. The molecule has 1 atom stereocenters. The minimum Gasteiger partial charge on any atom is -0.399 e. The summed E-state index contributed by atoms with van der Waals surface area (Å²) in [6.45, 7) is 4.74. The van der Waals surface area contributed by atoms with E-state index in [1.54, 1.807) is 0 Å². The van der Waals surface area contributed by atoms with Gasteiger partial charge in [0.15, 0.2) is 0 Å². The Kier molecular flexibility index (Phi) is 2.58.